The van der Waals surface area contributed by atoms with E-state index < -0.39 is 0 Å². The second-order valence-electron chi connectivity index (χ2n) is 6.20. The lowest BCUT2D eigenvalue weighted by Gasteiger charge is -2.12. The fourth-order valence-electron chi connectivity index (χ4n) is 2.24. The summed E-state index contributed by atoms with van der Waals surface area (Å²) in [5, 5.41) is 6.13. The maximum absolute atomic E-state index is 12.0. The van der Waals surface area contributed by atoms with E-state index in [9.17, 15) is 4.79 Å². The molecular formula is C19H25N3O2. The van der Waals surface area contributed by atoms with E-state index in [1.165, 1.54) is 0 Å². The van der Waals surface area contributed by atoms with Crippen molar-refractivity contribution in [3.05, 3.63) is 47.7 Å². The van der Waals surface area contributed by atoms with Crippen LogP contribution in [0, 0.1) is 12.8 Å². The summed E-state index contributed by atoms with van der Waals surface area (Å²) in [5.74, 6) is 1.89. The molecule has 0 spiro atoms. The van der Waals surface area contributed by atoms with Crippen molar-refractivity contribution < 1.29 is 9.53 Å². The van der Waals surface area contributed by atoms with Gasteiger partial charge in [-0.25, -0.2) is 4.98 Å². The van der Waals surface area contributed by atoms with Crippen LogP contribution in [0.5, 0.6) is 5.75 Å². The molecule has 24 heavy (non-hydrogen) atoms. The number of aromatic nitrogens is 1. The molecule has 0 aliphatic heterocycles. The molecule has 0 saturated carbocycles. The van der Waals surface area contributed by atoms with Gasteiger partial charge in [-0.05, 0) is 49.1 Å². The first-order valence-electron chi connectivity index (χ1n) is 8.15. The zero-order chi connectivity index (χ0) is 17.5. The lowest BCUT2D eigenvalue weighted by molar-refractivity contribution is 0.0951. The minimum atomic E-state index is -0.0946. The average Bonchev–Trinajstić information content (AvgIpc) is 2.55. The number of nitrogens with zero attached hydrogens (tertiary/aromatic N) is 1. The Hall–Kier alpha value is -2.56. The molecule has 0 unspecified atom stereocenters. The zero-order valence-corrected chi connectivity index (χ0v) is 14.7. The quantitative estimate of drug-likeness (QED) is 0.809. The molecule has 1 aromatic heterocycles. The number of rotatable bonds is 7. The number of nitrogens with one attached hydrogen (secondary N) is 2. The lowest BCUT2D eigenvalue weighted by Crippen LogP contribution is -2.25. The standard InChI is InChI=1S/C19H25N3O2/c1-13(2)9-10-20-19(23)15-6-8-18(21-12-15)22-16-11-14(3)5-7-17(16)24-4/h5-8,11-13H,9-10H2,1-4H3,(H,20,23)(H,21,22). The molecule has 1 aromatic carbocycles. The number of carbonyl (C=O) groups excluding carboxylic acids is 1. The van der Waals surface area contributed by atoms with Crippen molar-refractivity contribution in [3.8, 4) is 5.75 Å². The van der Waals surface area contributed by atoms with E-state index in [-0.39, 0.29) is 5.91 Å². The summed E-state index contributed by atoms with van der Waals surface area (Å²) in [7, 11) is 1.63. The van der Waals surface area contributed by atoms with Crippen LogP contribution < -0.4 is 15.4 Å². The summed E-state index contributed by atoms with van der Waals surface area (Å²) >= 11 is 0. The Morgan fingerprint density at radius 1 is 1.25 bits per heavy atom. The Balaban J connectivity index is 2.02. The highest BCUT2D eigenvalue weighted by molar-refractivity contribution is 5.94. The Kier molecular flexibility index (Phi) is 6.18. The highest BCUT2D eigenvalue weighted by atomic mass is 16.5. The third-order valence-corrected chi connectivity index (χ3v) is 3.65. The number of hydrogen-bond acceptors (Lipinski definition) is 4. The summed E-state index contributed by atoms with van der Waals surface area (Å²) in [6.45, 7) is 6.96. The van der Waals surface area contributed by atoms with Crippen molar-refractivity contribution >= 4 is 17.4 Å². The first-order chi connectivity index (χ1) is 11.5. The molecule has 0 aliphatic carbocycles. The van der Waals surface area contributed by atoms with E-state index in [0.717, 1.165) is 23.4 Å². The lowest BCUT2D eigenvalue weighted by atomic mass is 10.1. The highest BCUT2D eigenvalue weighted by Crippen LogP contribution is 2.27. The average molecular weight is 327 g/mol. The van der Waals surface area contributed by atoms with Gasteiger partial charge in [-0.2, -0.15) is 0 Å². The van der Waals surface area contributed by atoms with Crippen LogP contribution in [-0.2, 0) is 0 Å². The molecule has 0 atom stereocenters. The van der Waals surface area contributed by atoms with Gasteiger partial charge in [0.15, 0.2) is 0 Å². The molecule has 0 bridgehead atoms. The summed E-state index contributed by atoms with van der Waals surface area (Å²) in [6, 6.07) is 9.45. The third kappa shape index (κ3) is 4.98. The SMILES string of the molecule is COc1ccc(C)cc1Nc1ccc(C(=O)NCCC(C)C)cn1. The van der Waals surface area contributed by atoms with Crippen LogP contribution in [0.4, 0.5) is 11.5 Å². The van der Waals surface area contributed by atoms with Crippen molar-refractivity contribution in [1.82, 2.24) is 10.3 Å². The topological polar surface area (TPSA) is 63.2 Å². The normalized spacial score (nSPS) is 10.5. The molecule has 1 amide bonds. The molecule has 1 heterocycles. The van der Waals surface area contributed by atoms with Crippen molar-refractivity contribution in [2.24, 2.45) is 5.92 Å². The number of aryl methyl sites for hydroxylation is 1. The molecule has 5 heteroatoms. The molecule has 2 aromatic rings. The Labute approximate surface area is 143 Å². The number of benzene rings is 1. The van der Waals surface area contributed by atoms with Crippen LogP contribution in [0.2, 0.25) is 0 Å². The van der Waals surface area contributed by atoms with Crippen LogP contribution in [0.25, 0.3) is 0 Å². The van der Waals surface area contributed by atoms with E-state index in [1.807, 2.05) is 25.1 Å². The maximum Gasteiger partial charge on any atom is 0.252 e. The van der Waals surface area contributed by atoms with Crippen molar-refractivity contribution in [2.75, 3.05) is 19.0 Å². The van der Waals surface area contributed by atoms with Crippen LogP contribution in [-0.4, -0.2) is 24.5 Å². The zero-order valence-electron chi connectivity index (χ0n) is 14.7. The summed E-state index contributed by atoms with van der Waals surface area (Å²) < 4.78 is 5.34. The molecule has 0 saturated heterocycles. The number of methoxy groups -OCH3 is 1. The van der Waals surface area contributed by atoms with E-state index >= 15 is 0 Å². The van der Waals surface area contributed by atoms with E-state index in [1.54, 1.807) is 25.4 Å². The first-order valence-corrected chi connectivity index (χ1v) is 8.15. The van der Waals surface area contributed by atoms with E-state index in [0.29, 0.717) is 23.8 Å². The number of carbonyl (C=O) groups is 1. The van der Waals surface area contributed by atoms with Crippen LogP contribution >= 0.6 is 0 Å². The Bertz CT molecular complexity index is 682. The summed E-state index contributed by atoms with van der Waals surface area (Å²) in [5.41, 5.74) is 2.53. The number of pyridine rings is 1. The smallest absolute Gasteiger partial charge is 0.252 e. The van der Waals surface area contributed by atoms with Gasteiger partial charge in [0.05, 0.1) is 18.4 Å². The second-order valence-corrected chi connectivity index (χ2v) is 6.20. The highest BCUT2D eigenvalue weighted by Gasteiger charge is 2.08. The van der Waals surface area contributed by atoms with Gasteiger partial charge in [0.2, 0.25) is 0 Å². The Morgan fingerprint density at radius 2 is 2.04 bits per heavy atom. The molecule has 0 aliphatic rings. The van der Waals surface area contributed by atoms with Crippen molar-refractivity contribution in [1.29, 1.82) is 0 Å². The molecule has 2 rings (SSSR count). The molecule has 128 valence electrons. The number of anilines is 2. The summed E-state index contributed by atoms with van der Waals surface area (Å²) in [6.07, 6.45) is 2.54. The molecule has 2 N–H and O–H groups in total. The second kappa shape index (κ2) is 8.34. The molecule has 5 nitrogen and oxygen atoms in total. The van der Waals surface area contributed by atoms with Crippen LogP contribution in [0.15, 0.2) is 36.5 Å². The fourth-order valence-corrected chi connectivity index (χ4v) is 2.24. The fraction of sp³-hybridized carbons (Fsp3) is 0.368. The predicted octanol–water partition coefficient (Wildman–Crippen LogP) is 3.92. The maximum atomic E-state index is 12.0. The van der Waals surface area contributed by atoms with Crippen molar-refractivity contribution in [3.63, 3.8) is 0 Å². The largest absolute Gasteiger partial charge is 0.495 e. The third-order valence-electron chi connectivity index (χ3n) is 3.65. The van der Waals surface area contributed by atoms with Crippen molar-refractivity contribution in [2.45, 2.75) is 27.2 Å². The first kappa shape index (κ1) is 17.8. The monoisotopic (exact) mass is 327 g/mol. The van der Waals surface area contributed by atoms with Crippen LogP contribution in [0.3, 0.4) is 0 Å². The van der Waals surface area contributed by atoms with Gasteiger partial charge in [0, 0.05) is 12.7 Å². The summed E-state index contributed by atoms with van der Waals surface area (Å²) in [4.78, 5) is 16.4. The minimum absolute atomic E-state index is 0.0946. The predicted molar refractivity (Wildman–Crippen MR) is 97.0 cm³/mol. The van der Waals surface area contributed by atoms with Gasteiger partial charge in [0.1, 0.15) is 11.6 Å². The number of amides is 1. The Morgan fingerprint density at radius 3 is 2.67 bits per heavy atom. The number of hydrogen-bond donors (Lipinski definition) is 2. The molecule has 0 radical (unpaired) electrons. The van der Waals surface area contributed by atoms with Gasteiger partial charge in [0.25, 0.3) is 5.91 Å². The van der Waals surface area contributed by atoms with E-state index in [4.69, 9.17) is 4.74 Å². The van der Waals surface area contributed by atoms with Gasteiger partial charge in [-0.15, -0.1) is 0 Å². The van der Waals surface area contributed by atoms with Gasteiger partial charge in [-0.3, -0.25) is 4.79 Å². The molecular weight excluding hydrogens is 302 g/mol. The number of ether oxygens (including phenoxy) is 1. The molecule has 0 fully saturated rings. The van der Waals surface area contributed by atoms with Gasteiger partial charge >= 0.3 is 0 Å². The van der Waals surface area contributed by atoms with Gasteiger partial charge < -0.3 is 15.4 Å². The van der Waals surface area contributed by atoms with E-state index in [2.05, 4.69) is 29.5 Å². The minimum Gasteiger partial charge on any atom is -0.495 e. The van der Waals surface area contributed by atoms with Gasteiger partial charge in [-0.1, -0.05) is 19.9 Å². The van der Waals surface area contributed by atoms with Crippen LogP contribution in [0.1, 0.15) is 36.2 Å².